The van der Waals surface area contributed by atoms with E-state index in [1.165, 1.54) is 0 Å². The number of nitrogens with two attached hydrogens (primary N) is 1. The maximum atomic E-state index is 13.3. The molecule has 0 bridgehead atoms. The van der Waals surface area contributed by atoms with Gasteiger partial charge in [0.25, 0.3) is 5.91 Å². The topological polar surface area (TPSA) is 195 Å². The summed E-state index contributed by atoms with van der Waals surface area (Å²) in [7, 11) is 1.15. The largest absolute Gasteiger partial charge is 0.469 e. The third kappa shape index (κ3) is 8.37. The summed E-state index contributed by atoms with van der Waals surface area (Å²) in [6, 6.07) is 14.1. The molecule has 0 saturated carbocycles. The monoisotopic (exact) mass is 622 g/mol. The zero-order valence-corrected chi connectivity index (χ0v) is 25.1. The number of aromatic nitrogens is 1. The number of nitrogens with one attached hydrogen (secondary N) is 3. The van der Waals surface area contributed by atoms with Gasteiger partial charge >= 0.3 is 11.9 Å². The zero-order chi connectivity index (χ0) is 31.6. The van der Waals surface area contributed by atoms with Crippen molar-refractivity contribution in [1.82, 2.24) is 15.6 Å². The number of oxime groups is 1. The molecule has 44 heavy (non-hydrogen) atoms. The predicted molar refractivity (Wildman–Crippen MR) is 163 cm³/mol. The normalized spacial score (nSPS) is 15.4. The minimum Gasteiger partial charge on any atom is -0.469 e. The zero-order valence-electron chi connectivity index (χ0n) is 24.3. The number of carbonyl (C=O) groups excluding carboxylic acids is 4. The van der Waals surface area contributed by atoms with E-state index < -0.39 is 48.4 Å². The molecule has 2 aromatic carbocycles. The van der Waals surface area contributed by atoms with E-state index in [4.69, 9.17) is 25.5 Å². The Labute approximate surface area is 257 Å². The van der Waals surface area contributed by atoms with Crippen LogP contribution in [0.3, 0.4) is 0 Å². The third-order valence-corrected chi connectivity index (χ3v) is 7.86. The lowest BCUT2D eigenvalue weighted by Gasteiger charge is -2.26. The Balaban J connectivity index is 1.47. The lowest BCUT2D eigenvalue weighted by Crippen LogP contribution is -2.55. The summed E-state index contributed by atoms with van der Waals surface area (Å²) in [5.74, 6) is -4.02. The highest BCUT2D eigenvalue weighted by atomic mass is 32.1. The third-order valence-electron chi connectivity index (χ3n) is 6.82. The number of unbranched alkanes of at least 4 members (excludes halogenated alkanes) is 1. The fourth-order valence-corrected chi connectivity index (χ4v) is 5.33. The summed E-state index contributed by atoms with van der Waals surface area (Å²) in [6.07, 6.45) is -0.757. The number of amides is 2. The fourth-order valence-electron chi connectivity index (χ4n) is 4.46. The summed E-state index contributed by atoms with van der Waals surface area (Å²) >= 11 is 1.15. The van der Waals surface area contributed by atoms with Gasteiger partial charge in [-0.2, -0.15) is 0 Å². The van der Waals surface area contributed by atoms with Crippen molar-refractivity contribution in [2.45, 2.75) is 51.3 Å². The molecular weight excluding hydrogens is 588 g/mol. The standard InChI is InChI=1S/C30H34N6O7S/c1-3-4-13-42-25(38)16-20(30(40)41-2)27(35-28(39)29-33-21-7-5-6-8-23(21)44-29)34-24(37)15-19-14-22(36-43-19)17-9-11-18(12-10-17)26(31)32/h5-12,19-20,27H,3-4,13-16H2,1-2H3,(H3,31,32)(H,34,37)(H,35,39)/t19?,20?,27-/m1/s1. The Morgan fingerprint density at radius 1 is 1.14 bits per heavy atom. The van der Waals surface area contributed by atoms with E-state index in [1.54, 1.807) is 36.4 Å². The number of thiazole rings is 1. The molecule has 5 N–H and O–H groups in total. The van der Waals surface area contributed by atoms with Crippen LogP contribution in [0.2, 0.25) is 0 Å². The van der Waals surface area contributed by atoms with Crippen molar-refractivity contribution < 1.29 is 33.5 Å². The van der Waals surface area contributed by atoms with Crippen LogP contribution >= 0.6 is 11.3 Å². The molecule has 3 atom stereocenters. The van der Waals surface area contributed by atoms with E-state index in [9.17, 15) is 19.2 Å². The number of fused-ring (bicyclic) bond motifs is 1. The van der Waals surface area contributed by atoms with Gasteiger partial charge in [-0.3, -0.25) is 24.6 Å². The molecule has 232 valence electrons. The summed E-state index contributed by atoms with van der Waals surface area (Å²) in [6.45, 7) is 2.12. The highest BCUT2D eigenvalue weighted by molar-refractivity contribution is 7.20. The second-order valence-electron chi connectivity index (χ2n) is 10.1. The van der Waals surface area contributed by atoms with Crippen molar-refractivity contribution in [1.29, 1.82) is 5.41 Å². The van der Waals surface area contributed by atoms with Crippen molar-refractivity contribution in [2.75, 3.05) is 13.7 Å². The Hall–Kier alpha value is -4.85. The Morgan fingerprint density at radius 3 is 2.57 bits per heavy atom. The first-order valence-electron chi connectivity index (χ1n) is 14.0. The Bertz CT molecular complexity index is 1520. The molecule has 2 heterocycles. The second-order valence-corrected chi connectivity index (χ2v) is 11.1. The van der Waals surface area contributed by atoms with Gasteiger partial charge < -0.3 is 30.7 Å². The van der Waals surface area contributed by atoms with E-state index in [0.717, 1.165) is 35.1 Å². The fraction of sp³-hybridized carbons (Fsp3) is 0.367. The molecule has 0 fully saturated rings. The number of rotatable bonds is 14. The summed E-state index contributed by atoms with van der Waals surface area (Å²) in [5.41, 5.74) is 8.07. The molecule has 3 aromatic rings. The van der Waals surface area contributed by atoms with E-state index >= 15 is 0 Å². The number of nitrogen functional groups attached to an aromatic ring is 1. The molecule has 4 rings (SSSR count). The van der Waals surface area contributed by atoms with Crippen molar-refractivity contribution in [2.24, 2.45) is 16.8 Å². The van der Waals surface area contributed by atoms with Gasteiger partial charge in [-0.15, -0.1) is 11.3 Å². The van der Waals surface area contributed by atoms with E-state index in [2.05, 4.69) is 20.8 Å². The number of carbonyl (C=O) groups is 4. The number of hydrogen-bond donors (Lipinski definition) is 4. The minimum absolute atomic E-state index is 0.0556. The number of para-hydroxylation sites is 1. The van der Waals surface area contributed by atoms with Crippen molar-refractivity contribution in [3.05, 3.63) is 64.7 Å². The van der Waals surface area contributed by atoms with Crippen molar-refractivity contribution in [3.63, 3.8) is 0 Å². The maximum absolute atomic E-state index is 13.3. The summed E-state index contributed by atoms with van der Waals surface area (Å²) in [4.78, 5) is 61.8. The predicted octanol–water partition coefficient (Wildman–Crippen LogP) is 2.86. The molecule has 0 saturated heterocycles. The minimum atomic E-state index is -1.32. The van der Waals surface area contributed by atoms with Crippen LogP contribution in [0.1, 0.15) is 60.0 Å². The molecule has 0 aliphatic carbocycles. The van der Waals surface area contributed by atoms with Gasteiger partial charge in [0.2, 0.25) is 5.91 Å². The SMILES string of the molecule is CCCCOC(=O)CC(C(=O)OC)[C@H](NC(=O)CC1CC(c2ccc(C(=N)N)cc2)=NO1)NC(=O)c1nc2ccccc2s1. The van der Waals surface area contributed by atoms with Gasteiger partial charge in [0.15, 0.2) is 5.01 Å². The smallest absolute Gasteiger partial charge is 0.313 e. The number of esters is 2. The number of nitrogens with zero attached hydrogens (tertiary/aromatic N) is 2. The first kappa shape index (κ1) is 32.1. The van der Waals surface area contributed by atoms with Gasteiger partial charge in [0, 0.05) is 12.0 Å². The lowest BCUT2D eigenvalue weighted by molar-refractivity contribution is -0.155. The molecule has 1 aliphatic heterocycles. The average Bonchev–Trinajstić information content (AvgIpc) is 3.67. The average molecular weight is 623 g/mol. The number of benzene rings is 2. The molecule has 2 amide bonds. The van der Waals surface area contributed by atoms with Crippen LogP contribution in [0, 0.1) is 11.3 Å². The van der Waals surface area contributed by atoms with Crippen LogP contribution in [0.25, 0.3) is 10.2 Å². The van der Waals surface area contributed by atoms with Crippen LogP contribution in [-0.2, 0) is 28.7 Å². The van der Waals surface area contributed by atoms with Gasteiger partial charge in [-0.1, -0.05) is 54.9 Å². The van der Waals surface area contributed by atoms with Crippen molar-refractivity contribution in [3.8, 4) is 0 Å². The molecule has 0 radical (unpaired) electrons. The first-order chi connectivity index (χ1) is 21.2. The lowest BCUT2D eigenvalue weighted by atomic mass is 10.00. The first-order valence-corrected chi connectivity index (χ1v) is 14.9. The Kier molecular flexibility index (Phi) is 11.0. The van der Waals surface area contributed by atoms with Crippen LogP contribution in [0.4, 0.5) is 0 Å². The van der Waals surface area contributed by atoms with Crippen LogP contribution in [-0.4, -0.2) is 66.3 Å². The Morgan fingerprint density at radius 2 is 1.89 bits per heavy atom. The van der Waals surface area contributed by atoms with Gasteiger partial charge in [0.05, 0.1) is 42.5 Å². The van der Waals surface area contributed by atoms with E-state index in [0.29, 0.717) is 29.6 Å². The number of amidine groups is 1. The quantitative estimate of drug-likeness (QED) is 0.0687. The molecule has 0 spiro atoms. The number of ether oxygens (including phenoxy) is 2. The number of methoxy groups -OCH3 is 1. The highest BCUT2D eigenvalue weighted by Crippen LogP contribution is 2.23. The van der Waals surface area contributed by atoms with E-state index in [1.807, 2.05) is 19.1 Å². The second kappa shape index (κ2) is 15.0. The highest BCUT2D eigenvalue weighted by Gasteiger charge is 2.36. The van der Waals surface area contributed by atoms with Crippen LogP contribution in [0.15, 0.2) is 53.7 Å². The molecule has 14 heteroatoms. The van der Waals surface area contributed by atoms with Crippen LogP contribution < -0.4 is 16.4 Å². The molecule has 13 nitrogen and oxygen atoms in total. The molecule has 1 aromatic heterocycles. The molecule has 2 unspecified atom stereocenters. The summed E-state index contributed by atoms with van der Waals surface area (Å²) in [5, 5.41) is 17.1. The number of hydrogen-bond acceptors (Lipinski definition) is 11. The maximum Gasteiger partial charge on any atom is 0.313 e. The van der Waals surface area contributed by atoms with E-state index in [-0.39, 0.29) is 23.9 Å². The van der Waals surface area contributed by atoms with Crippen molar-refractivity contribution >= 4 is 56.9 Å². The van der Waals surface area contributed by atoms with Gasteiger partial charge in [0.1, 0.15) is 24.0 Å². The molecule has 1 aliphatic rings. The molecular formula is C30H34N6O7S. The van der Waals surface area contributed by atoms with Gasteiger partial charge in [-0.25, -0.2) is 4.98 Å². The van der Waals surface area contributed by atoms with Gasteiger partial charge in [-0.05, 0) is 24.1 Å². The van der Waals surface area contributed by atoms with Crippen LogP contribution in [0.5, 0.6) is 0 Å². The summed E-state index contributed by atoms with van der Waals surface area (Å²) < 4.78 is 11.0.